The number of rotatable bonds is 5. The number of hydrogen-bond acceptors (Lipinski definition) is 2. The fourth-order valence-electron chi connectivity index (χ4n) is 2.52. The van der Waals surface area contributed by atoms with E-state index in [0.717, 1.165) is 22.4 Å². The number of para-hydroxylation sites is 1. The van der Waals surface area contributed by atoms with Gasteiger partial charge in [-0.25, -0.2) is 0 Å². The van der Waals surface area contributed by atoms with E-state index in [-0.39, 0.29) is 5.91 Å². The van der Waals surface area contributed by atoms with Crippen LogP contribution in [-0.4, -0.2) is 12.0 Å². The van der Waals surface area contributed by atoms with Gasteiger partial charge in [0.15, 0.2) is 6.10 Å². The first-order valence-corrected chi connectivity index (χ1v) is 8.50. The van der Waals surface area contributed by atoms with Crippen LogP contribution in [-0.2, 0) is 4.79 Å². The summed E-state index contributed by atoms with van der Waals surface area (Å²) in [4.78, 5) is 12.5. The molecular formula is C20H24ClNO2. The molecule has 3 nitrogen and oxygen atoms in total. The van der Waals surface area contributed by atoms with Crippen molar-refractivity contribution in [3.05, 3.63) is 58.1 Å². The molecule has 1 amide bonds. The molecule has 128 valence electrons. The topological polar surface area (TPSA) is 38.3 Å². The molecule has 4 heteroatoms. The maximum Gasteiger partial charge on any atom is 0.265 e. The van der Waals surface area contributed by atoms with Gasteiger partial charge in [-0.15, -0.1) is 0 Å². The van der Waals surface area contributed by atoms with E-state index in [2.05, 4.69) is 19.2 Å². The summed E-state index contributed by atoms with van der Waals surface area (Å²) in [6.07, 6.45) is -0.606. The van der Waals surface area contributed by atoms with Gasteiger partial charge in [0.25, 0.3) is 5.91 Å². The SMILES string of the molecule is Cc1cc(O[C@H](C)C(=O)Nc2c(C)cccc2C(C)C)ccc1Cl. The summed E-state index contributed by atoms with van der Waals surface area (Å²) in [7, 11) is 0. The zero-order valence-corrected chi connectivity index (χ0v) is 15.6. The van der Waals surface area contributed by atoms with Crippen molar-refractivity contribution in [3.63, 3.8) is 0 Å². The zero-order valence-electron chi connectivity index (χ0n) is 14.8. The molecule has 2 aromatic rings. The number of benzene rings is 2. The molecule has 0 aliphatic carbocycles. The minimum Gasteiger partial charge on any atom is -0.481 e. The third-order valence-electron chi connectivity index (χ3n) is 3.99. The maximum atomic E-state index is 12.5. The molecule has 0 heterocycles. The first-order chi connectivity index (χ1) is 11.3. The van der Waals surface area contributed by atoms with Crippen molar-refractivity contribution in [1.29, 1.82) is 0 Å². The van der Waals surface area contributed by atoms with Crippen LogP contribution >= 0.6 is 11.6 Å². The van der Waals surface area contributed by atoms with Crippen molar-refractivity contribution in [3.8, 4) is 5.75 Å². The molecular weight excluding hydrogens is 322 g/mol. The van der Waals surface area contributed by atoms with E-state index in [0.29, 0.717) is 16.7 Å². The second-order valence-corrected chi connectivity index (χ2v) is 6.76. The number of ether oxygens (including phenoxy) is 1. The van der Waals surface area contributed by atoms with Crippen molar-refractivity contribution in [1.82, 2.24) is 0 Å². The molecule has 0 bridgehead atoms. The molecule has 0 aliphatic rings. The Morgan fingerprint density at radius 1 is 1.08 bits per heavy atom. The summed E-state index contributed by atoms with van der Waals surface area (Å²) < 4.78 is 5.75. The van der Waals surface area contributed by atoms with Crippen LogP contribution < -0.4 is 10.1 Å². The van der Waals surface area contributed by atoms with Crippen molar-refractivity contribution < 1.29 is 9.53 Å². The fraction of sp³-hybridized carbons (Fsp3) is 0.350. The van der Waals surface area contributed by atoms with E-state index < -0.39 is 6.10 Å². The lowest BCUT2D eigenvalue weighted by molar-refractivity contribution is -0.122. The molecule has 24 heavy (non-hydrogen) atoms. The number of aryl methyl sites for hydroxylation is 2. The number of anilines is 1. The second-order valence-electron chi connectivity index (χ2n) is 6.35. The molecule has 0 spiro atoms. The van der Waals surface area contributed by atoms with E-state index in [1.165, 1.54) is 0 Å². The number of carbonyl (C=O) groups is 1. The van der Waals surface area contributed by atoms with E-state index in [1.807, 2.05) is 38.1 Å². The van der Waals surface area contributed by atoms with E-state index in [4.69, 9.17) is 16.3 Å². The molecule has 1 atom stereocenters. The third-order valence-corrected chi connectivity index (χ3v) is 4.41. The van der Waals surface area contributed by atoms with Gasteiger partial charge in [0.2, 0.25) is 0 Å². The third kappa shape index (κ3) is 4.30. The molecule has 2 rings (SSSR count). The first kappa shape index (κ1) is 18.3. The van der Waals surface area contributed by atoms with Gasteiger partial charge < -0.3 is 10.1 Å². The Labute approximate surface area is 149 Å². The molecule has 0 aromatic heterocycles. The molecule has 0 saturated heterocycles. The van der Waals surface area contributed by atoms with Crippen molar-refractivity contribution in [2.75, 3.05) is 5.32 Å². The minimum atomic E-state index is -0.606. The quantitative estimate of drug-likeness (QED) is 0.778. The van der Waals surface area contributed by atoms with Gasteiger partial charge >= 0.3 is 0 Å². The van der Waals surface area contributed by atoms with Crippen LogP contribution in [0.25, 0.3) is 0 Å². The Morgan fingerprint density at radius 2 is 1.79 bits per heavy atom. The zero-order chi connectivity index (χ0) is 17.9. The van der Waals surface area contributed by atoms with Gasteiger partial charge in [-0.05, 0) is 61.6 Å². The lowest BCUT2D eigenvalue weighted by Gasteiger charge is -2.19. The van der Waals surface area contributed by atoms with Crippen molar-refractivity contribution in [2.45, 2.75) is 46.6 Å². The van der Waals surface area contributed by atoms with Gasteiger partial charge in [-0.3, -0.25) is 4.79 Å². The maximum absolute atomic E-state index is 12.5. The summed E-state index contributed by atoms with van der Waals surface area (Å²) in [5.74, 6) is 0.794. The van der Waals surface area contributed by atoms with Crippen LogP contribution in [0.4, 0.5) is 5.69 Å². The Morgan fingerprint density at radius 3 is 2.42 bits per heavy atom. The summed E-state index contributed by atoms with van der Waals surface area (Å²) in [5.41, 5.74) is 3.96. The number of halogens is 1. The van der Waals surface area contributed by atoms with Crippen LogP contribution in [0.5, 0.6) is 5.75 Å². The highest BCUT2D eigenvalue weighted by molar-refractivity contribution is 6.31. The molecule has 0 radical (unpaired) electrons. The standard InChI is InChI=1S/C20H24ClNO2/c1-12(2)17-8-6-7-13(3)19(17)22-20(23)15(5)24-16-9-10-18(21)14(4)11-16/h6-12,15H,1-5H3,(H,22,23)/t15-/m1/s1. The highest BCUT2D eigenvalue weighted by Crippen LogP contribution is 2.28. The molecule has 1 N–H and O–H groups in total. The number of hydrogen-bond donors (Lipinski definition) is 1. The summed E-state index contributed by atoms with van der Waals surface area (Å²) >= 11 is 6.02. The van der Waals surface area contributed by atoms with Crippen LogP contribution in [0.2, 0.25) is 5.02 Å². The lowest BCUT2D eigenvalue weighted by Crippen LogP contribution is -2.30. The lowest BCUT2D eigenvalue weighted by atomic mass is 9.98. The van der Waals surface area contributed by atoms with Gasteiger partial charge in [0.05, 0.1) is 0 Å². The van der Waals surface area contributed by atoms with Crippen LogP contribution in [0.1, 0.15) is 43.4 Å². The molecule has 0 saturated carbocycles. The highest BCUT2D eigenvalue weighted by Gasteiger charge is 2.18. The summed E-state index contributed by atoms with van der Waals surface area (Å²) in [5, 5.41) is 3.70. The second kappa shape index (κ2) is 7.71. The van der Waals surface area contributed by atoms with Crippen LogP contribution in [0.3, 0.4) is 0 Å². The monoisotopic (exact) mass is 345 g/mol. The van der Waals surface area contributed by atoms with Gasteiger partial charge in [0.1, 0.15) is 5.75 Å². The van der Waals surface area contributed by atoms with Crippen LogP contribution in [0, 0.1) is 13.8 Å². The number of nitrogens with one attached hydrogen (secondary N) is 1. The predicted octanol–water partition coefficient (Wildman–Crippen LogP) is 5.49. The fourth-order valence-corrected chi connectivity index (χ4v) is 2.63. The van der Waals surface area contributed by atoms with E-state index >= 15 is 0 Å². The Balaban J connectivity index is 2.13. The number of carbonyl (C=O) groups excluding carboxylic acids is 1. The van der Waals surface area contributed by atoms with Gasteiger partial charge in [-0.2, -0.15) is 0 Å². The Hall–Kier alpha value is -2.00. The Kier molecular flexibility index (Phi) is 5.89. The average molecular weight is 346 g/mol. The van der Waals surface area contributed by atoms with Crippen molar-refractivity contribution in [2.24, 2.45) is 0 Å². The molecule has 0 aliphatic heterocycles. The number of amides is 1. The van der Waals surface area contributed by atoms with E-state index in [1.54, 1.807) is 19.1 Å². The largest absolute Gasteiger partial charge is 0.481 e. The molecule has 0 unspecified atom stereocenters. The highest BCUT2D eigenvalue weighted by atomic mass is 35.5. The molecule has 2 aromatic carbocycles. The Bertz CT molecular complexity index is 740. The molecule has 0 fully saturated rings. The minimum absolute atomic E-state index is 0.168. The smallest absolute Gasteiger partial charge is 0.265 e. The summed E-state index contributed by atoms with van der Waals surface area (Å²) in [6, 6.07) is 11.4. The average Bonchev–Trinajstić information content (AvgIpc) is 2.52. The van der Waals surface area contributed by atoms with Crippen molar-refractivity contribution >= 4 is 23.2 Å². The predicted molar refractivity (Wildman–Crippen MR) is 100 cm³/mol. The van der Waals surface area contributed by atoms with E-state index in [9.17, 15) is 4.79 Å². The first-order valence-electron chi connectivity index (χ1n) is 8.12. The summed E-state index contributed by atoms with van der Waals surface area (Å²) in [6.45, 7) is 9.87. The van der Waals surface area contributed by atoms with Gasteiger partial charge in [-0.1, -0.05) is 43.6 Å². The van der Waals surface area contributed by atoms with Crippen LogP contribution in [0.15, 0.2) is 36.4 Å². The van der Waals surface area contributed by atoms with Gasteiger partial charge in [0, 0.05) is 10.7 Å². The normalized spacial score (nSPS) is 12.1.